The molecule has 5 nitrogen and oxygen atoms in total. The van der Waals surface area contributed by atoms with Gasteiger partial charge in [0.1, 0.15) is 5.69 Å². The SMILES string of the molecule is Cc1cccc(Cl)c1NC1=NCCN1C(=O)c1ccc2ccccc2n1. The quantitative estimate of drug-likeness (QED) is 0.744. The van der Waals surface area contributed by atoms with E-state index < -0.39 is 0 Å². The van der Waals surface area contributed by atoms with E-state index in [1.54, 1.807) is 11.0 Å². The van der Waals surface area contributed by atoms with Gasteiger partial charge in [-0.05, 0) is 30.7 Å². The number of halogens is 1. The van der Waals surface area contributed by atoms with Gasteiger partial charge < -0.3 is 5.32 Å². The molecule has 4 rings (SSSR count). The van der Waals surface area contributed by atoms with Gasteiger partial charge in [0.05, 0.1) is 22.8 Å². The third-order valence-electron chi connectivity index (χ3n) is 4.36. The molecule has 0 spiro atoms. The lowest BCUT2D eigenvalue weighted by Gasteiger charge is -2.20. The van der Waals surface area contributed by atoms with Crippen molar-refractivity contribution in [2.45, 2.75) is 6.92 Å². The van der Waals surface area contributed by atoms with E-state index in [0.717, 1.165) is 22.2 Å². The molecule has 1 aliphatic heterocycles. The molecule has 1 aromatic heterocycles. The van der Waals surface area contributed by atoms with Crippen molar-refractivity contribution in [3.8, 4) is 0 Å². The van der Waals surface area contributed by atoms with Crippen LogP contribution in [0, 0.1) is 6.92 Å². The number of para-hydroxylation sites is 2. The summed E-state index contributed by atoms with van der Waals surface area (Å²) in [4.78, 5) is 23.5. The minimum absolute atomic E-state index is 0.177. The van der Waals surface area contributed by atoms with Gasteiger partial charge in [-0.15, -0.1) is 0 Å². The second kappa shape index (κ2) is 6.77. The Labute approximate surface area is 156 Å². The molecule has 3 aromatic rings. The number of carbonyl (C=O) groups excluding carboxylic acids is 1. The molecule has 26 heavy (non-hydrogen) atoms. The predicted octanol–water partition coefficient (Wildman–Crippen LogP) is 4.12. The molecule has 1 N–H and O–H groups in total. The van der Waals surface area contributed by atoms with Crippen LogP contribution in [0.15, 0.2) is 59.6 Å². The highest BCUT2D eigenvalue weighted by atomic mass is 35.5. The maximum Gasteiger partial charge on any atom is 0.279 e. The molecular formula is C20H17ClN4O. The fourth-order valence-electron chi connectivity index (χ4n) is 2.98. The van der Waals surface area contributed by atoms with Gasteiger partial charge in [0, 0.05) is 11.9 Å². The maximum atomic E-state index is 13.0. The second-order valence-corrected chi connectivity index (χ2v) is 6.52. The smallest absolute Gasteiger partial charge is 0.279 e. The highest BCUT2D eigenvalue weighted by molar-refractivity contribution is 6.34. The number of benzene rings is 2. The fourth-order valence-corrected chi connectivity index (χ4v) is 3.25. The first kappa shape index (κ1) is 16.5. The summed E-state index contributed by atoms with van der Waals surface area (Å²) in [6.45, 7) is 3.02. The maximum absolute atomic E-state index is 13.0. The molecule has 0 aliphatic carbocycles. The summed E-state index contributed by atoms with van der Waals surface area (Å²) >= 11 is 6.28. The number of hydrogen-bond donors (Lipinski definition) is 1. The van der Waals surface area contributed by atoms with Crippen LogP contribution < -0.4 is 5.32 Å². The first-order valence-electron chi connectivity index (χ1n) is 8.38. The van der Waals surface area contributed by atoms with Crippen molar-refractivity contribution < 1.29 is 4.79 Å². The van der Waals surface area contributed by atoms with Crippen LogP contribution in [0.25, 0.3) is 10.9 Å². The number of hydrogen-bond acceptors (Lipinski definition) is 4. The van der Waals surface area contributed by atoms with Gasteiger partial charge in [-0.2, -0.15) is 0 Å². The van der Waals surface area contributed by atoms with Crippen LogP contribution in [-0.4, -0.2) is 34.8 Å². The molecule has 2 aromatic carbocycles. The van der Waals surface area contributed by atoms with Crippen molar-refractivity contribution in [2.24, 2.45) is 4.99 Å². The van der Waals surface area contributed by atoms with E-state index in [-0.39, 0.29) is 5.91 Å². The highest BCUT2D eigenvalue weighted by Gasteiger charge is 2.26. The van der Waals surface area contributed by atoms with Gasteiger partial charge in [-0.3, -0.25) is 14.7 Å². The first-order valence-corrected chi connectivity index (χ1v) is 8.75. The molecular weight excluding hydrogens is 348 g/mol. The number of carbonyl (C=O) groups is 1. The molecule has 0 unspecified atom stereocenters. The summed E-state index contributed by atoms with van der Waals surface area (Å²) in [5.41, 5.74) is 2.95. The van der Waals surface area contributed by atoms with Gasteiger partial charge in [0.25, 0.3) is 5.91 Å². The van der Waals surface area contributed by atoms with Crippen LogP contribution in [0.5, 0.6) is 0 Å². The monoisotopic (exact) mass is 364 g/mol. The van der Waals surface area contributed by atoms with Gasteiger partial charge in [-0.1, -0.05) is 48.0 Å². The normalized spacial score (nSPS) is 13.8. The van der Waals surface area contributed by atoms with Crippen molar-refractivity contribution in [1.29, 1.82) is 0 Å². The number of aryl methyl sites for hydroxylation is 1. The summed E-state index contributed by atoms with van der Waals surface area (Å²) in [7, 11) is 0. The molecule has 0 saturated carbocycles. The van der Waals surface area contributed by atoms with E-state index >= 15 is 0 Å². The Kier molecular flexibility index (Phi) is 4.31. The zero-order chi connectivity index (χ0) is 18.1. The molecule has 0 bridgehead atoms. The van der Waals surface area contributed by atoms with Crippen molar-refractivity contribution in [1.82, 2.24) is 9.88 Å². The Morgan fingerprint density at radius 3 is 2.81 bits per heavy atom. The standard InChI is InChI=1S/C20H17ClN4O/c1-13-5-4-7-15(21)18(13)24-20-22-11-12-25(20)19(26)17-10-9-14-6-2-3-8-16(14)23-17/h2-10H,11-12H2,1H3,(H,22,24). The lowest BCUT2D eigenvalue weighted by Crippen LogP contribution is -2.39. The van der Waals surface area contributed by atoms with Crippen LogP contribution in [0.4, 0.5) is 5.69 Å². The van der Waals surface area contributed by atoms with E-state index in [4.69, 9.17) is 11.6 Å². The number of aliphatic imine (C=N–C) groups is 1. The minimum atomic E-state index is -0.177. The molecule has 0 saturated heterocycles. The van der Waals surface area contributed by atoms with E-state index in [2.05, 4.69) is 15.3 Å². The Morgan fingerprint density at radius 2 is 1.96 bits per heavy atom. The summed E-state index contributed by atoms with van der Waals surface area (Å²) in [5, 5.41) is 4.81. The van der Waals surface area contributed by atoms with E-state index in [9.17, 15) is 4.79 Å². The lowest BCUT2D eigenvalue weighted by molar-refractivity contribution is 0.0852. The summed E-state index contributed by atoms with van der Waals surface area (Å²) < 4.78 is 0. The average Bonchev–Trinajstić information content (AvgIpc) is 3.12. The number of aromatic nitrogens is 1. The van der Waals surface area contributed by atoms with Gasteiger partial charge in [0.15, 0.2) is 0 Å². The number of fused-ring (bicyclic) bond motifs is 1. The number of pyridine rings is 1. The zero-order valence-electron chi connectivity index (χ0n) is 14.2. The lowest BCUT2D eigenvalue weighted by atomic mass is 10.2. The number of guanidine groups is 1. The Morgan fingerprint density at radius 1 is 1.12 bits per heavy atom. The van der Waals surface area contributed by atoms with E-state index in [1.807, 2.05) is 55.5 Å². The van der Waals surface area contributed by atoms with Crippen molar-refractivity contribution >= 4 is 40.1 Å². The zero-order valence-corrected chi connectivity index (χ0v) is 15.0. The minimum Gasteiger partial charge on any atom is -0.324 e. The molecule has 130 valence electrons. The number of anilines is 1. The van der Waals surface area contributed by atoms with Crippen LogP contribution in [0.3, 0.4) is 0 Å². The predicted molar refractivity (Wildman–Crippen MR) is 105 cm³/mol. The van der Waals surface area contributed by atoms with Gasteiger partial charge >= 0.3 is 0 Å². The topological polar surface area (TPSA) is 57.6 Å². The molecule has 0 atom stereocenters. The molecule has 0 fully saturated rings. The summed E-state index contributed by atoms with van der Waals surface area (Å²) in [5.74, 6) is 0.324. The third-order valence-corrected chi connectivity index (χ3v) is 4.68. The first-order chi connectivity index (χ1) is 12.6. The molecule has 1 aliphatic rings. The molecule has 1 amide bonds. The third kappa shape index (κ3) is 3.02. The summed E-state index contributed by atoms with van der Waals surface area (Å²) in [6, 6.07) is 17.1. The Hall–Kier alpha value is -2.92. The van der Waals surface area contributed by atoms with Crippen LogP contribution in [0.2, 0.25) is 5.02 Å². The number of nitrogens with zero attached hydrogens (tertiary/aromatic N) is 3. The average molecular weight is 365 g/mol. The van der Waals surface area contributed by atoms with Gasteiger partial charge in [-0.25, -0.2) is 4.98 Å². The molecule has 2 heterocycles. The number of amides is 1. The van der Waals surface area contributed by atoms with E-state index in [1.165, 1.54) is 0 Å². The van der Waals surface area contributed by atoms with Crippen molar-refractivity contribution in [3.63, 3.8) is 0 Å². The van der Waals surface area contributed by atoms with Crippen LogP contribution in [0.1, 0.15) is 16.1 Å². The number of nitrogens with one attached hydrogen (secondary N) is 1. The van der Waals surface area contributed by atoms with Crippen LogP contribution >= 0.6 is 11.6 Å². The number of rotatable bonds is 2. The highest BCUT2D eigenvalue weighted by Crippen LogP contribution is 2.26. The Bertz CT molecular complexity index is 1010. The van der Waals surface area contributed by atoms with Gasteiger partial charge in [0.2, 0.25) is 5.96 Å². The van der Waals surface area contributed by atoms with Crippen molar-refractivity contribution in [2.75, 3.05) is 18.4 Å². The second-order valence-electron chi connectivity index (χ2n) is 6.11. The molecule has 0 radical (unpaired) electrons. The largest absolute Gasteiger partial charge is 0.324 e. The molecule has 6 heteroatoms. The summed E-state index contributed by atoms with van der Waals surface area (Å²) in [6.07, 6.45) is 0. The Balaban J connectivity index is 1.62. The van der Waals surface area contributed by atoms with Crippen molar-refractivity contribution in [3.05, 3.63) is 70.9 Å². The van der Waals surface area contributed by atoms with Crippen LogP contribution in [-0.2, 0) is 0 Å². The fraction of sp³-hybridized carbons (Fsp3) is 0.150. The van der Waals surface area contributed by atoms with E-state index in [0.29, 0.717) is 29.8 Å².